The zero-order valence-corrected chi connectivity index (χ0v) is 13.9. The highest BCUT2D eigenvalue weighted by Crippen LogP contribution is 2.31. The summed E-state index contributed by atoms with van der Waals surface area (Å²) in [4.78, 5) is 5.54. The van der Waals surface area contributed by atoms with Crippen LogP contribution in [0.3, 0.4) is 0 Å². The Labute approximate surface area is 133 Å². The molecule has 0 atom stereocenters. The van der Waals surface area contributed by atoms with E-state index in [0.29, 0.717) is 5.89 Å². The third-order valence-corrected chi connectivity index (χ3v) is 6.25. The monoisotopic (exact) mass is 341 g/mol. The van der Waals surface area contributed by atoms with Gasteiger partial charge in [-0.3, -0.25) is 0 Å². The lowest BCUT2D eigenvalue weighted by Gasteiger charge is -1.90. The van der Waals surface area contributed by atoms with E-state index >= 15 is 0 Å². The molecule has 0 unspecified atom stereocenters. The van der Waals surface area contributed by atoms with Gasteiger partial charge in [-0.2, -0.15) is 0 Å². The van der Waals surface area contributed by atoms with Crippen molar-refractivity contribution in [2.24, 2.45) is 0 Å². The largest absolute Gasteiger partial charge is 0.444 e. The number of thiophene rings is 1. The maximum atomic E-state index is 5.49. The Morgan fingerprint density at radius 3 is 2.85 bits per heavy atom. The summed E-state index contributed by atoms with van der Waals surface area (Å²) >= 11 is 6.62. The standard InChI is InChI=1S/C12H11N3OS4/c1-2-17-11-14-15-12(20-11)19-7-8-6-16-10(13-8)9-4-3-5-18-9/h3-6H,2,7H2,1H3. The van der Waals surface area contributed by atoms with E-state index < -0.39 is 0 Å². The van der Waals surface area contributed by atoms with Crippen molar-refractivity contribution in [3.63, 3.8) is 0 Å². The quantitative estimate of drug-likeness (QED) is 0.608. The Kier molecular flexibility index (Phi) is 4.77. The molecule has 0 saturated heterocycles. The van der Waals surface area contributed by atoms with Gasteiger partial charge in [0.2, 0.25) is 5.89 Å². The van der Waals surface area contributed by atoms with Gasteiger partial charge in [0.15, 0.2) is 8.68 Å². The predicted octanol–water partition coefficient (Wildman–Crippen LogP) is 4.66. The van der Waals surface area contributed by atoms with Crippen molar-refractivity contribution in [1.29, 1.82) is 0 Å². The van der Waals surface area contributed by atoms with Gasteiger partial charge in [0, 0.05) is 5.75 Å². The average Bonchev–Trinajstić information content (AvgIpc) is 3.18. The van der Waals surface area contributed by atoms with Crippen molar-refractivity contribution in [3.05, 3.63) is 29.5 Å². The van der Waals surface area contributed by atoms with Crippen LogP contribution in [0.4, 0.5) is 0 Å². The Morgan fingerprint density at radius 2 is 2.10 bits per heavy atom. The Morgan fingerprint density at radius 1 is 1.25 bits per heavy atom. The van der Waals surface area contributed by atoms with Crippen LogP contribution >= 0.6 is 46.2 Å². The van der Waals surface area contributed by atoms with Crippen molar-refractivity contribution < 1.29 is 4.42 Å². The molecule has 0 amide bonds. The summed E-state index contributed by atoms with van der Waals surface area (Å²) < 4.78 is 7.49. The van der Waals surface area contributed by atoms with E-state index in [1.165, 1.54) is 0 Å². The lowest BCUT2D eigenvalue weighted by Crippen LogP contribution is -1.80. The van der Waals surface area contributed by atoms with Crippen LogP contribution in [-0.4, -0.2) is 20.9 Å². The van der Waals surface area contributed by atoms with Crippen molar-refractivity contribution in [2.45, 2.75) is 21.4 Å². The molecule has 0 aromatic carbocycles. The molecule has 20 heavy (non-hydrogen) atoms. The fourth-order valence-electron chi connectivity index (χ4n) is 1.46. The minimum atomic E-state index is 0.690. The molecular weight excluding hydrogens is 330 g/mol. The van der Waals surface area contributed by atoms with Crippen LogP contribution < -0.4 is 0 Å². The second kappa shape index (κ2) is 6.75. The SMILES string of the molecule is CCSc1nnc(SCc2coc(-c3cccs3)n2)s1. The number of rotatable bonds is 6. The number of hydrogen-bond donors (Lipinski definition) is 0. The first-order valence-corrected chi connectivity index (χ1v) is 9.59. The van der Waals surface area contributed by atoms with E-state index in [2.05, 4.69) is 22.1 Å². The van der Waals surface area contributed by atoms with E-state index in [1.54, 1.807) is 52.5 Å². The van der Waals surface area contributed by atoms with Gasteiger partial charge in [0.1, 0.15) is 6.26 Å². The van der Waals surface area contributed by atoms with Crippen molar-refractivity contribution in [3.8, 4) is 10.8 Å². The van der Waals surface area contributed by atoms with Gasteiger partial charge >= 0.3 is 0 Å². The molecule has 0 fully saturated rings. The lowest BCUT2D eigenvalue weighted by molar-refractivity contribution is 0.575. The molecule has 4 nitrogen and oxygen atoms in total. The van der Waals surface area contributed by atoms with Crippen LogP contribution in [0.5, 0.6) is 0 Å². The van der Waals surface area contributed by atoms with Gasteiger partial charge in [-0.15, -0.1) is 21.5 Å². The minimum Gasteiger partial charge on any atom is -0.444 e. The molecule has 8 heteroatoms. The summed E-state index contributed by atoms with van der Waals surface area (Å²) in [5.41, 5.74) is 0.929. The van der Waals surface area contributed by atoms with Crippen LogP contribution in [-0.2, 0) is 5.75 Å². The topological polar surface area (TPSA) is 51.8 Å². The van der Waals surface area contributed by atoms with Crippen molar-refractivity contribution >= 4 is 46.2 Å². The highest BCUT2D eigenvalue weighted by molar-refractivity contribution is 8.02. The molecule has 0 radical (unpaired) electrons. The van der Waals surface area contributed by atoms with Crippen LogP contribution in [0.2, 0.25) is 0 Å². The molecule has 3 rings (SSSR count). The molecule has 0 aliphatic heterocycles. The molecule has 104 valence electrons. The zero-order valence-electron chi connectivity index (χ0n) is 10.6. The maximum Gasteiger partial charge on any atom is 0.236 e. The second-order valence-corrected chi connectivity index (χ2v) is 8.34. The van der Waals surface area contributed by atoms with Crippen LogP contribution in [0.15, 0.2) is 36.9 Å². The number of oxazole rings is 1. The van der Waals surface area contributed by atoms with Crippen molar-refractivity contribution in [1.82, 2.24) is 15.2 Å². The minimum absolute atomic E-state index is 0.690. The van der Waals surface area contributed by atoms with Gasteiger partial charge in [0.05, 0.1) is 10.6 Å². The summed E-state index contributed by atoms with van der Waals surface area (Å²) in [6, 6.07) is 4.00. The number of hydrogen-bond acceptors (Lipinski definition) is 8. The molecule has 0 bridgehead atoms. The zero-order chi connectivity index (χ0) is 13.8. The number of nitrogens with zero attached hydrogens (tertiary/aromatic N) is 3. The van der Waals surface area contributed by atoms with E-state index in [4.69, 9.17) is 4.42 Å². The summed E-state index contributed by atoms with van der Waals surface area (Å²) in [5.74, 6) is 2.46. The van der Waals surface area contributed by atoms with E-state index in [0.717, 1.165) is 30.8 Å². The van der Waals surface area contributed by atoms with Crippen molar-refractivity contribution in [2.75, 3.05) is 5.75 Å². The van der Waals surface area contributed by atoms with E-state index in [-0.39, 0.29) is 0 Å². The van der Waals surface area contributed by atoms with E-state index in [1.807, 2.05) is 17.5 Å². The summed E-state index contributed by atoms with van der Waals surface area (Å²) in [5, 5.41) is 10.3. The molecule has 3 heterocycles. The van der Waals surface area contributed by atoms with Crippen LogP contribution in [0.25, 0.3) is 10.8 Å². The van der Waals surface area contributed by atoms with Gasteiger partial charge in [-0.25, -0.2) is 4.98 Å². The normalized spacial score (nSPS) is 11.1. The Balaban J connectivity index is 1.60. The lowest BCUT2D eigenvalue weighted by atomic mass is 10.5. The van der Waals surface area contributed by atoms with Crippen LogP contribution in [0.1, 0.15) is 12.6 Å². The third kappa shape index (κ3) is 3.43. The fraction of sp³-hybridized carbons (Fsp3) is 0.250. The molecular formula is C12H11N3OS4. The third-order valence-electron chi connectivity index (χ3n) is 2.28. The molecule has 0 spiro atoms. The Hall–Kier alpha value is -0.830. The summed E-state index contributed by atoms with van der Waals surface area (Å²) in [7, 11) is 0. The molecule has 3 aromatic rings. The first-order chi connectivity index (χ1) is 9.85. The second-order valence-electron chi connectivity index (χ2n) is 3.68. The highest BCUT2D eigenvalue weighted by atomic mass is 32.2. The average molecular weight is 342 g/mol. The number of aromatic nitrogens is 3. The van der Waals surface area contributed by atoms with Gasteiger partial charge in [-0.1, -0.05) is 47.9 Å². The molecule has 3 aromatic heterocycles. The number of thioether (sulfide) groups is 2. The highest BCUT2D eigenvalue weighted by Gasteiger charge is 2.10. The van der Waals surface area contributed by atoms with Gasteiger partial charge in [0.25, 0.3) is 0 Å². The molecule has 0 aliphatic rings. The Bertz CT molecular complexity index is 662. The smallest absolute Gasteiger partial charge is 0.236 e. The first-order valence-electron chi connectivity index (χ1n) is 5.92. The molecule has 0 N–H and O–H groups in total. The molecule has 0 saturated carbocycles. The summed E-state index contributed by atoms with van der Waals surface area (Å²) in [6.07, 6.45) is 1.71. The van der Waals surface area contributed by atoms with Crippen LogP contribution in [0, 0.1) is 0 Å². The first kappa shape index (κ1) is 14.1. The predicted molar refractivity (Wildman–Crippen MR) is 85.7 cm³/mol. The maximum absolute atomic E-state index is 5.49. The fourth-order valence-corrected chi connectivity index (χ4v) is 4.91. The van der Waals surface area contributed by atoms with Gasteiger partial charge < -0.3 is 4.42 Å². The van der Waals surface area contributed by atoms with Gasteiger partial charge in [-0.05, 0) is 17.2 Å². The summed E-state index contributed by atoms with van der Waals surface area (Å²) in [6.45, 7) is 2.11. The van der Waals surface area contributed by atoms with E-state index in [9.17, 15) is 0 Å². The molecule has 0 aliphatic carbocycles.